The maximum absolute atomic E-state index is 9.93. The zero-order valence-corrected chi connectivity index (χ0v) is 15.6. The predicted octanol–water partition coefficient (Wildman–Crippen LogP) is 2.61. The number of nitrogens with two attached hydrogens (primary N) is 1. The molecule has 0 heterocycles. The Bertz CT molecular complexity index is 242. The van der Waals surface area contributed by atoms with Crippen LogP contribution in [0.3, 0.4) is 0 Å². The molecule has 0 rings (SSSR count). The summed E-state index contributed by atoms with van der Waals surface area (Å²) in [4.78, 5) is 21.4. The summed E-state index contributed by atoms with van der Waals surface area (Å²) in [5, 5.41) is 5.26. The average molecular weight is 377 g/mol. The van der Waals surface area contributed by atoms with Crippen molar-refractivity contribution in [1.29, 1.82) is 0 Å². The molecule has 9 heteroatoms. The first-order valence-corrected chi connectivity index (χ1v) is 7.00. The molecule has 22 heavy (non-hydrogen) atoms. The predicted molar refractivity (Wildman–Crippen MR) is 89.1 cm³/mol. The number of halogens is 1. The number of carbonyl (C=O) groups excluding carboxylic acids is 2. The van der Waals surface area contributed by atoms with Crippen molar-refractivity contribution in [3.05, 3.63) is 0 Å². The molecule has 0 saturated carbocycles. The van der Waals surface area contributed by atoms with Crippen LogP contribution in [0.2, 0.25) is 0 Å². The molecular formula is C13H32FN4O2PV. The smallest absolute Gasteiger partial charge is 0.207 e. The number of hydrogen-bond donors (Lipinski definition) is 3. The van der Waals surface area contributed by atoms with Crippen molar-refractivity contribution in [3.8, 4) is 0 Å². The van der Waals surface area contributed by atoms with Crippen LogP contribution in [0.1, 0.15) is 54.4 Å². The van der Waals surface area contributed by atoms with E-state index in [0.29, 0.717) is 12.5 Å². The van der Waals surface area contributed by atoms with Crippen molar-refractivity contribution < 1.29 is 32.6 Å². The Labute approximate surface area is 148 Å². The Morgan fingerprint density at radius 3 is 1.73 bits per heavy atom. The minimum Gasteiger partial charge on any atom is -0.356 e. The summed E-state index contributed by atoms with van der Waals surface area (Å²) in [6.45, 7) is 7.98. The summed E-state index contributed by atoms with van der Waals surface area (Å²) in [5.41, 5.74) is 5.65. The number of nitrogens with one attached hydrogen (secondary N) is 2. The maximum atomic E-state index is 9.93. The minimum atomic E-state index is 0. The average Bonchev–Trinajstić information content (AvgIpc) is 2.40. The third-order valence-electron chi connectivity index (χ3n) is 2.50. The van der Waals surface area contributed by atoms with Crippen LogP contribution < -0.4 is 16.4 Å². The van der Waals surface area contributed by atoms with Gasteiger partial charge in [0.15, 0.2) is 0 Å². The monoisotopic (exact) mass is 377 g/mol. The molecular weight excluding hydrogens is 345 g/mol. The molecule has 0 fully saturated rings. The molecule has 0 bridgehead atoms. The first kappa shape index (κ1) is 33.2. The van der Waals surface area contributed by atoms with Crippen molar-refractivity contribution in [3.63, 3.8) is 0 Å². The number of nitrogens with zero attached hydrogens (tertiary/aromatic N) is 1. The Balaban J connectivity index is -0.0000000711. The minimum absolute atomic E-state index is 0. The van der Waals surface area contributed by atoms with Gasteiger partial charge in [-0.15, -0.1) is 0 Å². The van der Waals surface area contributed by atoms with Gasteiger partial charge >= 0.3 is 0 Å². The molecule has 0 aromatic heterocycles. The zero-order valence-electron chi connectivity index (χ0n) is 13.2. The van der Waals surface area contributed by atoms with E-state index in [1.165, 1.54) is 0 Å². The van der Waals surface area contributed by atoms with Crippen molar-refractivity contribution >= 4 is 21.9 Å². The number of amides is 2. The second-order valence-corrected chi connectivity index (χ2v) is 4.44. The fourth-order valence-corrected chi connectivity index (χ4v) is 1.04. The van der Waals surface area contributed by atoms with Gasteiger partial charge in [-0.1, -0.05) is 30.7 Å². The van der Waals surface area contributed by atoms with Crippen molar-refractivity contribution in [2.24, 2.45) is 10.7 Å². The molecule has 0 spiro atoms. The molecule has 0 aromatic rings. The largest absolute Gasteiger partial charge is 0.356 e. The summed E-state index contributed by atoms with van der Waals surface area (Å²) in [7, 11) is 2.14. The molecule has 6 nitrogen and oxygen atoms in total. The van der Waals surface area contributed by atoms with E-state index in [4.69, 9.17) is 5.73 Å². The normalized spacial score (nSPS) is 11.9. The summed E-state index contributed by atoms with van der Waals surface area (Å²) in [6.07, 6.45) is 4.26. The Morgan fingerprint density at radius 1 is 1.14 bits per heavy atom. The van der Waals surface area contributed by atoms with Crippen LogP contribution in [0.4, 0.5) is 4.48 Å². The molecule has 2 amide bonds. The van der Waals surface area contributed by atoms with Crippen molar-refractivity contribution in [2.45, 2.75) is 72.5 Å². The van der Waals surface area contributed by atoms with Gasteiger partial charge in [0.2, 0.25) is 12.8 Å². The molecule has 133 valence electrons. The van der Waals surface area contributed by atoms with Crippen molar-refractivity contribution in [1.82, 2.24) is 10.6 Å². The molecule has 0 aliphatic heterocycles. The van der Waals surface area contributed by atoms with Gasteiger partial charge < -0.3 is 16.4 Å². The molecule has 0 aromatic carbocycles. The summed E-state index contributed by atoms with van der Waals surface area (Å²) >= 11 is 0. The number of carbonyl (C=O) groups is 2. The number of hydrogen-bond acceptors (Lipinski definition) is 4. The Morgan fingerprint density at radius 2 is 1.50 bits per heavy atom. The second kappa shape index (κ2) is 28.6. The van der Waals surface area contributed by atoms with E-state index in [0.717, 1.165) is 25.7 Å². The van der Waals surface area contributed by atoms with Gasteiger partial charge in [0.05, 0.1) is 0 Å². The molecule has 3 atom stereocenters. The summed E-state index contributed by atoms with van der Waals surface area (Å²) in [6, 6.07) is 0.743. The molecule has 0 saturated heterocycles. The summed E-state index contributed by atoms with van der Waals surface area (Å²) in [5.74, 6) is 0. The maximum Gasteiger partial charge on any atom is 0.207 e. The van der Waals surface area contributed by atoms with Crippen LogP contribution in [0.5, 0.6) is 0 Å². The van der Waals surface area contributed by atoms with E-state index >= 15 is 0 Å². The first-order chi connectivity index (χ1) is 9.42. The fraction of sp³-hybridized carbons (Fsp3) is 0.846. The van der Waals surface area contributed by atoms with Gasteiger partial charge in [-0.3, -0.25) is 9.59 Å². The van der Waals surface area contributed by atoms with E-state index in [1.54, 1.807) is 4.97 Å². The first-order valence-electron chi connectivity index (χ1n) is 6.55. The molecule has 4 N–H and O–H groups in total. The molecule has 1 radical (unpaired) electrons. The quantitative estimate of drug-likeness (QED) is 0.448. The molecule has 0 aliphatic carbocycles. The van der Waals surface area contributed by atoms with E-state index in [1.807, 2.05) is 27.7 Å². The fourth-order valence-electron chi connectivity index (χ4n) is 1.04. The third kappa shape index (κ3) is 36.6. The number of rotatable bonds is 8. The van der Waals surface area contributed by atoms with Gasteiger partial charge in [-0.2, -0.15) is 0 Å². The zero-order chi connectivity index (χ0) is 16.4. The van der Waals surface area contributed by atoms with Crippen LogP contribution in [0, 0.1) is 0 Å². The Hall–Kier alpha value is -0.486. The van der Waals surface area contributed by atoms with E-state index in [9.17, 15) is 14.1 Å². The second-order valence-electron chi connectivity index (χ2n) is 4.27. The van der Waals surface area contributed by atoms with Crippen molar-refractivity contribution in [2.75, 3.05) is 0 Å². The van der Waals surface area contributed by atoms with Gasteiger partial charge in [0, 0.05) is 45.7 Å². The van der Waals surface area contributed by atoms with Crippen LogP contribution >= 0.6 is 9.03 Å². The molecule has 3 unspecified atom stereocenters. The van der Waals surface area contributed by atoms with Gasteiger partial charge in [-0.05, 0) is 33.1 Å². The van der Waals surface area contributed by atoms with Gasteiger partial charge in [0.1, 0.15) is 0 Å². The van der Waals surface area contributed by atoms with Gasteiger partial charge in [0.25, 0.3) is 0 Å². The summed E-state index contributed by atoms with van der Waals surface area (Å²) < 4.78 is 9.83. The van der Waals surface area contributed by atoms with Crippen LogP contribution in [-0.2, 0) is 28.1 Å². The molecule has 0 aliphatic rings. The van der Waals surface area contributed by atoms with E-state index < -0.39 is 0 Å². The SMILES string of the molecule is C.CCC(C)NC=O.CCC(N)CC(C)NC=O.FN=P.[V]. The van der Waals surface area contributed by atoms with Crippen LogP contribution in [0.25, 0.3) is 0 Å². The van der Waals surface area contributed by atoms with E-state index in [-0.39, 0.29) is 38.1 Å². The van der Waals surface area contributed by atoms with Crippen LogP contribution in [-0.4, -0.2) is 30.9 Å². The standard InChI is InChI=1S/C7H16N2O.C5H11NO.CH4.FHNP.V/c1-3-7(8)4-6(2)9-5-10;1-3-5(2)6-4-7;;1-2-3;/h5-7H,3-4,8H2,1-2H3,(H,9,10);4-5H,3H2,1-2H3,(H,6,7);1H4;3H;. The van der Waals surface area contributed by atoms with Gasteiger partial charge in [-0.25, -0.2) is 0 Å². The van der Waals surface area contributed by atoms with E-state index in [2.05, 4.69) is 19.7 Å². The Kier molecular flexibility index (Phi) is 43.2. The topological polar surface area (TPSA) is 96.6 Å². The third-order valence-corrected chi connectivity index (χ3v) is 2.50. The van der Waals surface area contributed by atoms with Crippen LogP contribution in [0.15, 0.2) is 4.97 Å².